The molecule has 0 N–H and O–H groups in total. The van der Waals surface area contributed by atoms with Crippen molar-refractivity contribution in [3.63, 3.8) is 0 Å². The van der Waals surface area contributed by atoms with Crippen LogP contribution in [0.3, 0.4) is 0 Å². The first-order valence-electron chi connectivity index (χ1n) is 4.10. The summed E-state index contributed by atoms with van der Waals surface area (Å²) in [6.07, 6.45) is -9.38. The summed E-state index contributed by atoms with van der Waals surface area (Å²) in [6, 6.07) is 0.914. The van der Waals surface area contributed by atoms with Gasteiger partial charge in [-0.15, -0.1) is 0 Å². The average molecular weight is 386 g/mol. The van der Waals surface area contributed by atoms with Crippen molar-refractivity contribution >= 4 is 31.9 Å². The van der Waals surface area contributed by atoms with Crippen molar-refractivity contribution in [2.45, 2.75) is 17.7 Å². The Morgan fingerprint density at radius 3 is 1.82 bits per heavy atom. The second-order valence-electron chi connectivity index (χ2n) is 3.12. The highest BCUT2D eigenvalue weighted by atomic mass is 79.9. The summed E-state index contributed by atoms with van der Waals surface area (Å²) in [5.41, 5.74) is -2.67. The molecule has 0 atom stereocenters. The highest BCUT2D eigenvalue weighted by molar-refractivity contribution is 9.10. The van der Waals surface area contributed by atoms with Gasteiger partial charge in [-0.05, 0) is 17.7 Å². The van der Waals surface area contributed by atoms with E-state index in [1.54, 1.807) is 0 Å². The monoisotopic (exact) mass is 384 g/mol. The third-order valence-corrected chi connectivity index (χ3v) is 3.16. The van der Waals surface area contributed by atoms with Crippen molar-refractivity contribution < 1.29 is 26.3 Å². The van der Waals surface area contributed by atoms with Crippen LogP contribution < -0.4 is 0 Å². The Labute approximate surface area is 109 Å². The molecule has 0 aliphatic rings. The maximum Gasteiger partial charge on any atom is 0.417 e. The summed E-state index contributed by atoms with van der Waals surface area (Å²) in [5.74, 6) is 0. The van der Waals surface area contributed by atoms with E-state index in [2.05, 4.69) is 31.9 Å². The normalized spacial score (nSPS) is 12.9. The first-order valence-corrected chi connectivity index (χ1v) is 6.01. The topological polar surface area (TPSA) is 0 Å². The lowest BCUT2D eigenvalue weighted by Gasteiger charge is -2.16. The molecule has 0 spiro atoms. The zero-order valence-corrected chi connectivity index (χ0v) is 11.1. The van der Waals surface area contributed by atoms with E-state index in [1.807, 2.05) is 0 Å². The van der Waals surface area contributed by atoms with E-state index in [1.165, 1.54) is 0 Å². The van der Waals surface area contributed by atoms with Gasteiger partial charge in [-0.3, -0.25) is 0 Å². The van der Waals surface area contributed by atoms with Gasteiger partial charge in [-0.25, -0.2) is 0 Å². The molecule has 0 heterocycles. The van der Waals surface area contributed by atoms with Crippen molar-refractivity contribution in [2.24, 2.45) is 0 Å². The van der Waals surface area contributed by atoms with Gasteiger partial charge in [0.1, 0.15) is 0 Å². The molecule has 0 saturated heterocycles. The zero-order valence-electron chi connectivity index (χ0n) is 7.89. The van der Waals surface area contributed by atoms with E-state index in [-0.39, 0.29) is 5.33 Å². The minimum atomic E-state index is -4.70. The molecule has 1 aromatic carbocycles. The van der Waals surface area contributed by atoms with Gasteiger partial charge in [0.05, 0.1) is 11.1 Å². The Bertz CT molecular complexity index is 421. The highest BCUT2D eigenvalue weighted by Gasteiger charge is 2.39. The Morgan fingerprint density at radius 1 is 0.941 bits per heavy atom. The predicted octanol–water partition coefficient (Wildman–Crippen LogP) is 5.38. The molecule has 0 unspecified atom stereocenters. The van der Waals surface area contributed by atoms with Gasteiger partial charge in [0, 0.05) is 9.80 Å². The largest absolute Gasteiger partial charge is 0.417 e. The molecule has 0 fully saturated rings. The minimum absolute atomic E-state index is 0.315. The second-order valence-corrected chi connectivity index (χ2v) is 4.54. The summed E-state index contributed by atoms with van der Waals surface area (Å²) < 4.78 is 74.3. The molecule has 1 rings (SSSR count). The molecule has 8 heteroatoms. The fraction of sp³-hybridized carbons (Fsp3) is 0.333. The van der Waals surface area contributed by atoms with Crippen LogP contribution in [0.4, 0.5) is 26.3 Å². The van der Waals surface area contributed by atoms with Crippen LogP contribution in [0.5, 0.6) is 0 Å². The van der Waals surface area contributed by atoms with Crippen LogP contribution in [-0.4, -0.2) is 0 Å². The van der Waals surface area contributed by atoms with E-state index >= 15 is 0 Å². The van der Waals surface area contributed by atoms with Gasteiger partial charge in [0.2, 0.25) is 0 Å². The molecule has 0 saturated carbocycles. The summed E-state index contributed by atoms with van der Waals surface area (Å²) in [6.45, 7) is 0. The number of halogens is 8. The zero-order chi connectivity index (χ0) is 13.4. The van der Waals surface area contributed by atoms with Gasteiger partial charge < -0.3 is 0 Å². The van der Waals surface area contributed by atoms with Gasteiger partial charge in [0.15, 0.2) is 0 Å². The third kappa shape index (κ3) is 3.37. The summed E-state index contributed by atoms with van der Waals surface area (Å²) in [4.78, 5) is 0. The maximum absolute atomic E-state index is 12.6. The highest BCUT2D eigenvalue weighted by Crippen LogP contribution is 2.41. The summed E-state index contributed by atoms with van der Waals surface area (Å²) >= 11 is 5.27. The van der Waals surface area contributed by atoms with Gasteiger partial charge >= 0.3 is 12.4 Å². The number of hydrogen-bond acceptors (Lipinski definition) is 0. The minimum Gasteiger partial charge on any atom is -0.166 e. The Morgan fingerprint density at radius 2 is 1.47 bits per heavy atom. The molecule has 17 heavy (non-hydrogen) atoms. The van der Waals surface area contributed by atoms with Crippen LogP contribution in [0.15, 0.2) is 16.6 Å². The fourth-order valence-electron chi connectivity index (χ4n) is 1.25. The number of rotatable bonds is 1. The van der Waals surface area contributed by atoms with E-state index < -0.39 is 33.5 Å². The van der Waals surface area contributed by atoms with Crippen LogP contribution in [-0.2, 0) is 17.7 Å². The van der Waals surface area contributed by atoms with Gasteiger partial charge in [-0.2, -0.15) is 26.3 Å². The van der Waals surface area contributed by atoms with E-state index in [0.29, 0.717) is 12.1 Å². The predicted molar refractivity (Wildman–Crippen MR) is 56.8 cm³/mol. The molecule has 0 aliphatic heterocycles. The number of hydrogen-bond donors (Lipinski definition) is 0. The molecule has 0 bridgehead atoms. The van der Waals surface area contributed by atoms with Crippen LogP contribution in [0, 0.1) is 0 Å². The second kappa shape index (κ2) is 4.79. The van der Waals surface area contributed by atoms with Crippen LogP contribution in [0.2, 0.25) is 0 Å². The lowest BCUT2D eigenvalue weighted by Crippen LogP contribution is -2.13. The number of benzene rings is 1. The van der Waals surface area contributed by atoms with Gasteiger partial charge in [0.25, 0.3) is 0 Å². The number of alkyl halides is 7. The lowest BCUT2D eigenvalue weighted by atomic mass is 10.0. The Balaban J connectivity index is 3.47. The quantitative estimate of drug-likeness (QED) is 0.449. The van der Waals surface area contributed by atoms with E-state index in [4.69, 9.17) is 0 Å². The molecule has 0 radical (unpaired) electrons. The van der Waals surface area contributed by atoms with Crippen molar-refractivity contribution in [3.05, 3.63) is 33.3 Å². The molecule has 0 nitrogen and oxygen atoms in total. The standard InChI is InChI=1S/C9H4Br2F6/c10-3-4-1-5(8(12,13)14)2-6(11)7(4)9(15,16)17/h1-2H,3H2. The van der Waals surface area contributed by atoms with Crippen molar-refractivity contribution in [1.29, 1.82) is 0 Å². The van der Waals surface area contributed by atoms with Gasteiger partial charge in [-0.1, -0.05) is 31.9 Å². The molecule has 0 amide bonds. The smallest absolute Gasteiger partial charge is 0.166 e. The van der Waals surface area contributed by atoms with Crippen molar-refractivity contribution in [2.75, 3.05) is 0 Å². The summed E-state index contributed by atoms with van der Waals surface area (Å²) in [5, 5.41) is -0.315. The Hall–Kier alpha value is -0.240. The summed E-state index contributed by atoms with van der Waals surface area (Å²) in [7, 11) is 0. The van der Waals surface area contributed by atoms with E-state index in [9.17, 15) is 26.3 Å². The third-order valence-electron chi connectivity index (χ3n) is 1.93. The first-order chi connectivity index (χ1) is 7.57. The maximum atomic E-state index is 12.6. The molecule has 0 aliphatic carbocycles. The lowest BCUT2D eigenvalue weighted by molar-refractivity contribution is -0.142. The van der Waals surface area contributed by atoms with E-state index in [0.717, 1.165) is 0 Å². The van der Waals surface area contributed by atoms with Crippen LogP contribution in [0.25, 0.3) is 0 Å². The van der Waals surface area contributed by atoms with Crippen LogP contribution >= 0.6 is 31.9 Å². The van der Waals surface area contributed by atoms with Crippen molar-refractivity contribution in [3.8, 4) is 0 Å². The molecular weight excluding hydrogens is 382 g/mol. The Kier molecular flexibility index (Phi) is 4.18. The molecule has 1 aromatic rings. The molecule has 0 aromatic heterocycles. The average Bonchev–Trinajstić information content (AvgIpc) is 2.12. The first kappa shape index (κ1) is 14.8. The fourth-order valence-corrected chi connectivity index (χ4v) is 2.42. The van der Waals surface area contributed by atoms with Crippen molar-refractivity contribution in [1.82, 2.24) is 0 Å². The SMILES string of the molecule is FC(F)(F)c1cc(Br)c(C(F)(F)F)c(CBr)c1. The molecular formula is C9H4Br2F6. The van der Waals surface area contributed by atoms with Crippen LogP contribution in [0.1, 0.15) is 16.7 Å². The molecule has 96 valence electrons.